The Bertz CT molecular complexity index is 638. The minimum absolute atomic E-state index is 0.106. The average Bonchev–Trinajstić information content (AvgIpc) is 2.98. The number of nitrogens with zero attached hydrogens (tertiary/aromatic N) is 2. The second-order valence-corrected chi connectivity index (χ2v) is 8.05. The third-order valence-corrected chi connectivity index (χ3v) is 6.18. The molecular formula is C22H32N2O3. The van der Waals surface area contributed by atoms with E-state index in [2.05, 4.69) is 34.1 Å². The summed E-state index contributed by atoms with van der Waals surface area (Å²) < 4.78 is 5.15. The number of aryl methyl sites for hydroxylation is 1. The van der Waals surface area contributed by atoms with Crippen molar-refractivity contribution in [3.63, 3.8) is 0 Å². The van der Waals surface area contributed by atoms with Crippen LogP contribution in [0.25, 0.3) is 0 Å². The monoisotopic (exact) mass is 372 g/mol. The van der Waals surface area contributed by atoms with E-state index in [1.54, 1.807) is 0 Å². The third kappa shape index (κ3) is 4.89. The molecule has 2 fully saturated rings. The van der Waals surface area contributed by atoms with Gasteiger partial charge in [0, 0.05) is 19.5 Å². The van der Waals surface area contributed by atoms with E-state index in [4.69, 9.17) is 4.74 Å². The van der Waals surface area contributed by atoms with Crippen molar-refractivity contribution in [3.8, 4) is 0 Å². The van der Waals surface area contributed by atoms with Gasteiger partial charge in [-0.3, -0.25) is 14.5 Å². The van der Waals surface area contributed by atoms with Gasteiger partial charge < -0.3 is 9.64 Å². The van der Waals surface area contributed by atoms with Crippen LogP contribution in [-0.2, 0) is 20.7 Å². The van der Waals surface area contributed by atoms with E-state index in [9.17, 15) is 9.59 Å². The number of benzene rings is 1. The number of carbonyl (C=O) groups excluding carboxylic acids is 2. The Balaban J connectivity index is 1.46. The van der Waals surface area contributed by atoms with E-state index in [-0.39, 0.29) is 17.4 Å². The Morgan fingerprint density at radius 3 is 2.59 bits per heavy atom. The van der Waals surface area contributed by atoms with Crippen molar-refractivity contribution < 1.29 is 14.3 Å². The number of hydrogen-bond donors (Lipinski definition) is 0. The topological polar surface area (TPSA) is 49.9 Å². The summed E-state index contributed by atoms with van der Waals surface area (Å²) in [4.78, 5) is 28.8. The van der Waals surface area contributed by atoms with Gasteiger partial charge in [0.05, 0.1) is 6.61 Å². The van der Waals surface area contributed by atoms with Crippen molar-refractivity contribution in [3.05, 3.63) is 35.9 Å². The summed E-state index contributed by atoms with van der Waals surface area (Å²) in [6.45, 7) is 7.64. The average molecular weight is 373 g/mol. The number of esters is 1. The molecule has 3 rings (SSSR count). The molecule has 1 spiro atoms. The highest BCUT2D eigenvalue weighted by molar-refractivity contribution is 5.79. The van der Waals surface area contributed by atoms with Gasteiger partial charge in [-0.15, -0.1) is 0 Å². The van der Waals surface area contributed by atoms with Gasteiger partial charge in [-0.2, -0.15) is 0 Å². The Hall–Kier alpha value is -1.88. The molecule has 0 radical (unpaired) electrons. The summed E-state index contributed by atoms with van der Waals surface area (Å²) in [6, 6.07) is 10.3. The summed E-state index contributed by atoms with van der Waals surface area (Å²) in [5.74, 6) is 0.161. The molecule has 0 saturated carbocycles. The first-order valence-electron chi connectivity index (χ1n) is 10.3. The molecule has 0 unspecified atom stereocenters. The van der Waals surface area contributed by atoms with Gasteiger partial charge in [-0.25, -0.2) is 0 Å². The second-order valence-electron chi connectivity index (χ2n) is 8.05. The van der Waals surface area contributed by atoms with Crippen LogP contribution in [0.5, 0.6) is 0 Å². The highest BCUT2D eigenvalue weighted by atomic mass is 16.5. The maximum atomic E-state index is 12.5. The molecule has 2 saturated heterocycles. The number of piperidine rings is 1. The molecule has 2 aliphatic heterocycles. The zero-order valence-corrected chi connectivity index (χ0v) is 16.7. The Morgan fingerprint density at radius 1 is 1.22 bits per heavy atom. The predicted molar refractivity (Wildman–Crippen MR) is 105 cm³/mol. The lowest BCUT2D eigenvalue weighted by Crippen LogP contribution is -2.48. The SMILES string of the molecule is CCOC(=O)[C@H](C)N1CCC2(CC1)CC(=O)N(CCCc1ccccc1)C2. The van der Waals surface area contributed by atoms with E-state index in [1.165, 1.54) is 5.56 Å². The van der Waals surface area contributed by atoms with Crippen LogP contribution in [0.15, 0.2) is 30.3 Å². The lowest BCUT2D eigenvalue weighted by molar-refractivity contribution is -0.149. The smallest absolute Gasteiger partial charge is 0.323 e. The maximum Gasteiger partial charge on any atom is 0.323 e. The van der Waals surface area contributed by atoms with Crippen LogP contribution in [0.2, 0.25) is 0 Å². The van der Waals surface area contributed by atoms with E-state index < -0.39 is 0 Å². The first-order chi connectivity index (χ1) is 13.0. The molecule has 0 bridgehead atoms. The molecule has 0 N–H and O–H groups in total. The van der Waals surface area contributed by atoms with Crippen molar-refractivity contribution >= 4 is 11.9 Å². The van der Waals surface area contributed by atoms with E-state index >= 15 is 0 Å². The van der Waals surface area contributed by atoms with Gasteiger partial charge in [-0.1, -0.05) is 30.3 Å². The van der Waals surface area contributed by atoms with Crippen LogP contribution in [0.3, 0.4) is 0 Å². The van der Waals surface area contributed by atoms with Crippen LogP contribution in [-0.4, -0.2) is 60.5 Å². The Kier molecular flexibility index (Phi) is 6.53. The standard InChI is InChI=1S/C22H32N2O3/c1-3-27-21(26)18(2)23-14-11-22(12-15-23)16-20(25)24(17-22)13-7-10-19-8-5-4-6-9-19/h4-6,8-9,18H,3,7,10-17H2,1-2H3/t18-/m0/s1. The molecule has 0 aromatic heterocycles. The van der Waals surface area contributed by atoms with Crippen molar-refractivity contribution in [2.24, 2.45) is 5.41 Å². The van der Waals surface area contributed by atoms with Gasteiger partial charge in [0.2, 0.25) is 5.91 Å². The summed E-state index contributed by atoms with van der Waals surface area (Å²) in [6.07, 6.45) is 4.66. The molecule has 27 heavy (non-hydrogen) atoms. The van der Waals surface area contributed by atoms with E-state index in [0.717, 1.165) is 51.9 Å². The van der Waals surface area contributed by atoms with E-state index in [0.29, 0.717) is 18.9 Å². The molecule has 1 aromatic carbocycles. The molecule has 5 nitrogen and oxygen atoms in total. The normalized spacial score (nSPS) is 20.8. The van der Waals surface area contributed by atoms with Gasteiger partial charge in [-0.05, 0) is 63.6 Å². The van der Waals surface area contributed by atoms with E-state index in [1.807, 2.05) is 19.9 Å². The number of likely N-dealkylation sites (tertiary alicyclic amines) is 2. The summed E-state index contributed by atoms with van der Waals surface area (Å²) >= 11 is 0. The number of carbonyl (C=O) groups is 2. The zero-order valence-electron chi connectivity index (χ0n) is 16.7. The fourth-order valence-corrected chi connectivity index (χ4v) is 4.44. The highest BCUT2D eigenvalue weighted by Crippen LogP contribution is 2.41. The van der Waals surface area contributed by atoms with Crippen LogP contribution in [0, 0.1) is 5.41 Å². The van der Waals surface area contributed by atoms with Crippen LogP contribution in [0.4, 0.5) is 0 Å². The lowest BCUT2D eigenvalue weighted by Gasteiger charge is -2.40. The summed E-state index contributed by atoms with van der Waals surface area (Å²) in [5, 5.41) is 0. The van der Waals surface area contributed by atoms with Gasteiger partial charge >= 0.3 is 5.97 Å². The van der Waals surface area contributed by atoms with Crippen molar-refractivity contribution in [1.29, 1.82) is 0 Å². The first-order valence-corrected chi connectivity index (χ1v) is 10.3. The number of rotatable bonds is 7. The zero-order chi connectivity index (χ0) is 19.3. The summed E-state index contributed by atoms with van der Waals surface area (Å²) in [5.41, 5.74) is 1.44. The number of ether oxygens (including phenoxy) is 1. The maximum absolute atomic E-state index is 12.5. The minimum Gasteiger partial charge on any atom is -0.465 e. The molecule has 148 valence electrons. The molecule has 5 heteroatoms. The molecule has 1 amide bonds. The predicted octanol–water partition coefficient (Wildman–Crippen LogP) is 2.89. The van der Waals surface area contributed by atoms with Crippen LogP contribution in [0.1, 0.15) is 45.1 Å². The Morgan fingerprint density at radius 2 is 1.93 bits per heavy atom. The summed E-state index contributed by atoms with van der Waals surface area (Å²) in [7, 11) is 0. The molecule has 1 atom stereocenters. The van der Waals surface area contributed by atoms with Gasteiger partial charge in [0.1, 0.15) is 6.04 Å². The first kappa shape index (κ1) is 19.9. The molecule has 2 heterocycles. The second kappa shape index (κ2) is 8.87. The number of hydrogen-bond acceptors (Lipinski definition) is 4. The van der Waals surface area contributed by atoms with Gasteiger partial charge in [0.15, 0.2) is 0 Å². The lowest BCUT2D eigenvalue weighted by atomic mass is 9.77. The van der Waals surface area contributed by atoms with Crippen LogP contribution < -0.4 is 0 Å². The van der Waals surface area contributed by atoms with Gasteiger partial charge in [0.25, 0.3) is 0 Å². The Labute approximate surface area is 162 Å². The van der Waals surface area contributed by atoms with Crippen molar-refractivity contribution in [2.45, 2.75) is 52.0 Å². The molecular weight excluding hydrogens is 340 g/mol. The fourth-order valence-electron chi connectivity index (χ4n) is 4.44. The van der Waals surface area contributed by atoms with Crippen molar-refractivity contribution in [1.82, 2.24) is 9.80 Å². The number of amides is 1. The molecule has 2 aliphatic rings. The quantitative estimate of drug-likeness (QED) is 0.691. The van der Waals surface area contributed by atoms with Crippen molar-refractivity contribution in [2.75, 3.05) is 32.8 Å². The fraction of sp³-hybridized carbons (Fsp3) is 0.636. The highest BCUT2D eigenvalue weighted by Gasteiger charge is 2.45. The largest absolute Gasteiger partial charge is 0.465 e. The molecule has 1 aromatic rings. The van der Waals surface area contributed by atoms with Crippen LogP contribution >= 0.6 is 0 Å². The minimum atomic E-state index is -0.193. The third-order valence-electron chi connectivity index (χ3n) is 6.18. The molecule has 0 aliphatic carbocycles.